The van der Waals surface area contributed by atoms with E-state index in [-0.39, 0.29) is 0 Å². The highest BCUT2D eigenvalue weighted by Gasteiger charge is 2.28. The number of carboxylic acids is 2. The summed E-state index contributed by atoms with van der Waals surface area (Å²) in [6, 6.07) is 10.3. The molecule has 0 unspecified atom stereocenters. The van der Waals surface area contributed by atoms with Crippen molar-refractivity contribution in [3.63, 3.8) is 0 Å². The Bertz CT molecular complexity index is 1480. The molecule has 2 atom stereocenters. The molecule has 0 aliphatic carbocycles. The summed E-state index contributed by atoms with van der Waals surface area (Å²) < 4.78 is 7.25. The lowest BCUT2D eigenvalue weighted by atomic mass is 10.3. The molecule has 38 heavy (non-hydrogen) atoms. The lowest BCUT2D eigenvalue weighted by Gasteiger charge is -1.96. The average Bonchev–Trinajstić information content (AvgIpc) is 3.72. The van der Waals surface area contributed by atoms with Gasteiger partial charge < -0.3 is 20.3 Å². The number of nitrogens with zero attached hydrogens (tertiary/aromatic N) is 4. The van der Waals surface area contributed by atoms with Gasteiger partial charge in [-0.2, -0.15) is 0 Å². The SMILES string of the molecule is CNc1ccc2nc(C3=N[C@@H](C(=O)O)CS3)sc2c1.COc1ccc2nc(C3=N[C@@H](C(=O)O)CS3)sc2c1. The van der Waals surface area contributed by atoms with Crippen LogP contribution in [-0.2, 0) is 9.59 Å². The Balaban J connectivity index is 0.000000155. The third-order valence-electron chi connectivity index (χ3n) is 5.51. The molecule has 2 aliphatic rings. The number of methoxy groups -OCH3 is 1. The molecule has 0 spiro atoms. The maximum atomic E-state index is 10.9. The Morgan fingerprint density at radius 2 is 1.39 bits per heavy atom. The van der Waals surface area contributed by atoms with Crippen molar-refractivity contribution >= 4 is 94.3 Å². The second kappa shape index (κ2) is 11.3. The first kappa shape index (κ1) is 26.4. The van der Waals surface area contributed by atoms with E-state index in [0.29, 0.717) is 16.5 Å². The third-order valence-corrected chi connectivity index (χ3v) is 9.93. The summed E-state index contributed by atoms with van der Waals surface area (Å²) in [6.45, 7) is 0. The van der Waals surface area contributed by atoms with Gasteiger partial charge in [0.25, 0.3) is 0 Å². The zero-order valence-corrected chi connectivity index (χ0v) is 23.3. The number of aliphatic carboxylic acids is 2. The molecule has 0 saturated heterocycles. The first-order valence-corrected chi connectivity index (χ1v) is 14.9. The van der Waals surface area contributed by atoms with Crippen molar-refractivity contribution in [3.8, 4) is 5.75 Å². The molecular formula is C24H21N5O5S4. The molecule has 14 heteroatoms. The van der Waals surface area contributed by atoms with Crippen LogP contribution in [0.1, 0.15) is 10.0 Å². The summed E-state index contributed by atoms with van der Waals surface area (Å²) in [5, 5.41) is 24.0. The Hall–Kier alpha value is -3.20. The highest BCUT2D eigenvalue weighted by molar-refractivity contribution is 8.15. The number of anilines is 1. The van der Waals surface area contributed by atoms with Crippen molar-refractivity contribution in [2.45, 2.75) is 12.1 Å². The number of aliphatic imine (C=N–C) groups is 2. The zero-order chi connectivity index (χ0) is 26.8. The van der Waals surface area contributed by atoms with Gasteiger partial charge in [0, 0.05) is 24.2 Å². The Labute approximate surface area is 233 Å². The lowest BCUT2D eigenvalue weighted by Crippen LogP contribution is -2.17. The molecule has 3 N–H and O–H groups in total. The van der Waals surface area contributed by atoms with Crippen LogP contribution in [0.25, 0.3) is 20.4 Å². The third kappa shape index (κ3) is 5.62. The van der Waals surface area contributed by atoms with Crippen LogP contribution in [0.15, 0.2) is 46.4 Å². The summed E-state index contributed by atoms with van der Waals surface area (Å²) in [5.74, 6) is -0.00907. The molecule has 196 valence electrons. The van der Waals surface area contributed by atoms with Crippen LogP contribution in [-0.4, -0.2) is 80.0 Å². The minimum Gasteiger partial charge on any atom is -0.497 e. The fourth-order valence-electron chi connectivity index (χ4n) is 3.53. The molecule has 0 fully saturated rings. The van der Waals surface area contributed by atoms with Crippen LogP contribution < -0.4 is 10.1 Å². The number of fused-ring (bicyclic) bond motifs is 2. The summed E-state index contributed by atoms with van der Waals surface area (Å²) in [7, 11) is 3.49. The molecule has 0 amide bonds. The number of thiazole rings is 2. The molecule has 0 radical (unpaired) electrons. The number of thioether (sulfide) groups is 2. The minimum absolute atomic E-state index is 0.476. The number of hydrogen-bond donors (Lipinski definition) is 3. The topological polar surface area (TPSA) is 146 Å². The fraction of sp³-hybridized carbons (Fsp3) is 0.250. The van der Waals surface area contributed by atoms with E-state index in [2.05, 4.69) is 25.3 Å². The van der Waals surface area contributed by atoms with Gasteiger partial charge in [0.2, 0.25) is 0 Å². The second-order valence-electron chi connectivity index (χ2n) is 8.00. The van der Waals surface area contributed by atoms with E-state index >= 15 is 0 Å². The summed E-state index contributed by atoms with van der Waals surface area (Å²) in [4.78, 5) is 39.2. The van der Waals surface area contributed by atoms with Crippen molar-refractivity contribution < 1.29 is 24.5 Å². The standard InChI is InChI=1S/C12H11N3O2S2.C12H10N2O3S2/c1-13-6-2-3-7-9(4-6)19-11(14-7)10-15-8(5-18-10)12(16)17;1-17-6-2-3-7-9(4-6)19-11(13-7)10-14-8(5-18-10)12(15)16/h2-4,8,13H,5H2,1H3,(H,16,17);2-4,8H,5H2,1H3,(H,15,16)/t2*8-/m11/s1. The van der Waals surface area contributed by atoms with Gasteiger partial charge in [0.05, 0.1) is 27.5 Å². The number of nitrogens with one attached hydrogen (secondary N) is 1. The van der Waals surface area contributed by atoms with Crippen LogP contribution in [0.3, 0.4) is 0 Å². The van der Waals surface area contributed by atoms with E-state index in [1.165, 1.54) is 34.9 Å². The quantitative estimate of drug-likeness (QED) is 0.294. The number of carboxylic acid groups (broad SMARTS) is 2. The van der Waals surface area contributed by atoms with Crippen LogP contribution in [0.5, 0.6) is 5.75 Å². The van der Waals surface area contributed by atoms with Gasteiger partial charge in [0.15, 0.2) is 12.1 Å². The van der Waals surface area contributed by atoms with Gasteiger partial charge in [0.1, 0.15) is 25.9 Å². The van der Waals surface area contributed by atoms with Crippen LogP contribution in [0.4, 0.5) is 5.69 Å². The molecule has 10 nitrogen and oxygen atoms in total. The number of aromatic nitrogens is 2. The normalized spacial score (nSPS) is 18.6. The van der Waals surface area contributed by atoms with Crippen molar-refractivity contribution in [1.29, 1.82) is 0 Å². The van der Waals surface area contributed by atoms with Gasteiger partial charge in [-0.1, -0.05) is 0 Å². The second-order valence-corrected chi connectivity index (χ2v) is 12.1. The Kier molecular flexibility index (Phi) is 7.83. The summed E-state index contributed by atoms with van der Waals surface area (Å²) in [6.07, 6.45) is 0. The fourth-order valence-corrected chi connectivity index (χ4v) is 7.72. The van der Waals surface area contributed by atoms with Gasteiger partial charge >= 0.3 is 11.9 Å². The van der Waals surface area contributed by atoms with Crippen molar-refractivity contribution in [2.24, 2.45) is 9.98 Å². The molecular weight excluding hydrogens is 567 g/mol. The van der Waals surface area contributed by atoms with Crippen molar-refractivity contribution in [1.82, 2.24) is 9.97 Å². The Morgan fingerprint density at radius 3 is 1.87 bits per heavy atom. The predicted molar refractivity (Wildman–Crippen MR) is 156 cm³/mol. The van der Waals surface area contributed by atoms with E-state index < -0.39 is 24.0 Å². The smallest absolute Gasteiger partial charge is 0.329 e. The predicted octanol–water partition coefficient (Wildman–Crippen LogP) is 4.54. The van der Waals surface area contributed by atoms with Crippen LogP contribution >= 0.6 is 46.2 Å². The monoisotopic (exact) mass is 587 g/mol. The maximum absolute atomic E-state index is 10.9. The molecule has 4 aromatic rings. The molecule has 2 aromatic carbocycles. The van der Waals surface area contributed by atoms with Gasteiger partial charge in [-0.3, -0.25) is 9.98 Å². The number of hydrogen-bond acceptors (Lipinski definition) is 12. The first-order chi connectivity index (χ1) is 18.3. The van der Waals surface area contributed by atoms with Gasteiger partial charge in [-0.25, -0.2) is 19.6 Å². The molecule has 0 saturated carbocycles. The van der Waals surface area contributed by atoms with Crippen LogP contribution in [0, 0.1) is 0 Å². The van der Waals surface area contributed by atoms with Crippen LogP contribution in [0.2, 0.25) is 0 Å². The Morgan fingerprint density at radius 1 is 0.868 bits per heavy atom. The first-order valence-electron chi connectivity index (χ1n) is 11.2. The van der Waals surface area contributed by atoms with E-state index in [9.17, 15) is 9.59 Å². The van der Waals surface area contributed by atoms with E-state index in [4.69, 9.17) is 14.9 Å². The van der Waals surface area contributed by atoms with Crippen molar-refractivity contribution in [3.05, 3.63) is 46.4 Å². The highest BCUT2D eigenvalue weighted by Crippen LogP contribution is 2.32. The molecule has 6 rings (SSSR count). The average molecular weight is 588 g/mol. The summed E-state index contributed by atoms with van der Waals surface area (Å²) in [5.41, 5.74) is 2.83. The number of rotatable bonds is 6. The van der Waals surface area contributed by atoms with E-state index in [1.807, 2.05) is 43.4 Å². The number of ether oxygens (including phenoxy) is 1. The highest BCUT2D eigenvalue weighted by atomic mass is 32.2. The minimum atomic E-state index is -0.884. The maximum Gasteiger partial charge on any atom is 0.329 e. The number of benzene rings is 2. The van der Waals surface area contributed by atoms with E-state index in [0.717, 1.165) is 46.9 Å². The van der Waals surface area contributed by atoms with E-state index in [1.54, 1.807) is 18.4 Å². The van der Waals surface area contributed by atoms with Gasteiger partial charge in [-0.15, -0.1) is 46.2 Å². The molecule has 2 aliphatic heterocycles. The summed E-state index contributed by atoms with van der Waals surface area (Å²) >= 11 is 5.95. The number of carbonyl (C=O) groups is 2. The van der Waals surface area contributed by atoms with Crippen molar-refractivity contribution in [2.75, 3.05) is 31.0 Å². The largest absolute Gasteiger partial charge is 0.497 e. The van der Waals surface area contributed by atoms with Gasteiger partial charge in [-0.05, 0) is 36.4 Å². The molecule has 0 bridgehead atoms. The lowest BCUT2D eigenvalue weighted by molar-refractivity contribution is -0.138. The zero-order valence-electron chi connectivity index (χ0n) is 20.1. The molecule has 2 aromatic heterocycles. The molecule has 4 heterocycles.